The van der Waals surface area contributed by atoms with E-state index in [2.05, 4.69) is 0 Å². The van der Waals surface area contributed by atoms with Crippen LogP contribution in [0.2, 0.25) is 0 Å². The Morgan fingerprint density at radius 1 is 1.22 bits per heavy atom. The maximum Gasteiger partial charge on any atom is 0.410 e. The molecule has 0 aliphatic carbocycles. The van der Waals surface area contributed by atoms with Gasteiger partial charge in [-0.15, -0.1) is 0 Å². The third-order valence-corrected chi connectivity index (χ3v) is 4.46. The van der Waals surface area contributed by atoms with E-state index in [-0.39, 0.29) is 24.4 Å². The molecule has 0 atom stereocenters. The number of ether oxygens (including phenoxy) is 1. The number of carbonyl (C=O) groups is 1. The van der Waals surface area contributed by atoms with Crippen LogP contribution in [0.3, 0.4) is 0 Å². The van der Waals surface area contributed by atoms with E-state index >= 15 is 0 Å². The quantitative estimate of drug-likeness (QED) is 0.769. The van der Waals surface area contributed by atoms with Crippen molar-refractivity contribution in [3.63, 3.8) is 0 Å². The summed E-state index contributed by atoms with van der Waals surface area (Å²) in [4.78, 5) is 13.3. The molecule has 6 nitrogen and oxygen atoms in total. The van der Waals surface area contributed by atoms with Crippen LogP contribution in [0.1, 0.15) is 26.3 Å². The Hall–Kier alpha value is -1.60. The number of hydrogen-bond donors (Lipinski definition) is 0. The van der Waals surface area contributed by atoms with Crippen molar-refractivity contribution in [3.05, 3.63) is 35.9 Å². The van der Waals surface area contributed by atoms with Crippen LogP contribution in [0.4, 0.5) is 4.79 Å². The molecule has 7 heteroatoms. The number of benzene rings is 1. The summed E-state index contributed by atoms with van der Waals surface area (Å²) < 4.78 is 34.1. The molecular weight excluding hydrogens is 318 g/mol. The molecule has 0 spiro atoms. The van der Waals surface area contributed by atoms with E-state index in [0.717, 1.165) is 0 Å². The van der Waals surface area contributed by atoms with Crippen molar-refractivity contribution < 1.29 is 22.1 Å². The lowest BCUT2D eigenvalue weighted by Crippen LogP contribution is -2.53. The highest BCUT2D eigenvalue weighted by Crippen LogP contribution is 2.20. The molecule has 0 saturated carbocycles. The fourth-order valence-corrected chi connectivity index (χ4v) is 3.25. The van der Waals surface area contributed by atoms with Crippen LogP contribution in [0.5, 0.6) is 0 Å². The van der Waals surface area contributed by atoms with Crippen molar-refractivity contribution in [3.8, 4) is 0 Å². The van der Waals surface area contributed by atoms with E-state index in [1.54, 1.807) is 49.9 Å². The SMILES string of the molecule is CC(C)(C)OC(=O)N1CC(COS(=O)(=O)Cc2ccccc2)C1. The second-order valence-electron chi connectivity index (χ2n) is 6.72. The lowest BCUT2D eigenvalue weighted by Gasteiger charge is -2.39. The first kappa shape index (κ1) is 17.7. The van der Waals surface area contributed by atoms with Gasteiger partial charge in [-0.2, -0.15) is 8.42 Å². The number of rotatable bonds is 5. The summed E-state index contributed by atoms with van der Waals surface area (Å²) in [6.45, 7) is 6.42. The van der Waals surface area contributed by atoms with Crippen LogP contribution >= 0.6 is 0 Å². The Labute approximate surface area is 137 Å². The average molecular weight is 341 g/mol. The second-order valence-corrected chi connectivity index (χ2v) is 8.36. The molecule has 1 aromatic rings. The smallest absolute Gasteiger partial charge is 0.410 e. The summed E-state index contributed by atoms with van der Waals surface area (Å²) in [6.07, 6.45) is -0.374. The van der Waals surface area contributed by atoms with Gasteiger partial charge in [0.1, 0.15) is 11.4 Å². The minimum Gasteiger partial charge on any atom is -0.444 e. The summed E-state index contributed by atoms with van der Waals surface area (Å²) in [5.41, 5.74) is 0.161. The summed E-state index contributed by atoms with van der Waals surface area (Å²) in [7, 11) is -3.61. The monoisotopic (exact) mass is 341 g/mol. The fraction of sp³-hybridized carbons (Fsp3) is 0.562. The predicted octanol–water partition coefficient (Wildman–Crippen LogP) is 2.40. The fourth-order valence-electron chi connectivity index (χ4n) is 2.17. The van der Waals surface area contributed by atoms with Crippen molar-refractivity contribution >= 4 is 16.2 Å². The Morgan fingerprint density at radius 2 is 1.83 bits per heavy atom. The van der Waals surface area contributed by atoms with Crippen LogP contribution < -0.4 is 0 Å². The summed E-state index contributed by atoms with van der Waals surface area (Å²) >= 11 is 0. The Morgan fingerprint density at radius 3 is 2.39 bits per heavy atom. The minimum absolute atomic E-state index is 0.0214. The van der Waals surface area contributed by atoms with E-state index in [0.29, 0.717) is 18.7 Å². The lowest BCUT2D eigenvalue weighted by molar-refractivity contribution is -0.00731. The topological polar surface area (TPSA) is 72.9 Å². The maximum absolute atomic E-state index is 11.9. The first-order valence-electron chi connectivity index (χ1n) is 7.53. The van der Waals surface area contributed by atoms with Crippen molar-refractivity contribution in [1.29, 1.82) is 0 Å². The standard InChI is InChI=1S/C16H23NO5S/c1-16(2,3)22-15(18)17-9-14(10-17)11-21-23(19,20)12-13-7-5-4-6-8-13/h4-8,14H,9-12H2,1-3H3. The molecule has 0 unspecified atom stereocenters. The van der Waals surface area contributed by atoms with E-state index < -0.39 is 15.7 Å². The van der Waals surface area contributed by atoms with Gasteiger partial charge in [-0.3, -0.25) is 4.18 Å². The van der Waals surface area contributed by atoms with Crippen molar-refractivity contribution in [2.45, 2.75) is 32.1 Å². The van der Waals surface area contributed by atoms with Gasteiger partial charge in [-0.05, 0) is 26.3 Å². The molecular formula is C16H23NO5S. The molecule has 1 aromatic carbocycles. The highest BCUT2D eigenvalue weighted by Gasteiger charge is 2.34. The van der Waals surface area contributed by atoms with Gasteiger partial charge in [0.05, 0.1) is 6.61 Å². The van der Waals surface area contributed by atoms with E-state index in [9.17, 15) is 13.2 Å². The zero-order chi connectivity index (χ0) is 17.1. The number of carbonyl (C=O) groups excluding carboxylic acids is 1. The molecule has 1 fully saturated rings. The van der Waals surface area contributed by atoms with Gasteiger partial charge < -0.3 is 9.64 Å². The molecule has 1 aliphatic heterocycles. The van der Waals surface area contributed by atoms with Crippen molar-refractivity contribution in [1.82, 2.24) is 4.90 Å². The Balaban J connectivity index is 1.73. The second kappa shape index (κ2) is 6.88. The van der Waals surface area contributed by atoms with Gasteiger partial charge >= 0.3 is 6.09 Å². The van der Waals surface area contributed by atoms with Crippen molar-refractivity contribution in [2.24, 2.45) is 5.92 Å². The first-order valence-corrected chi connectivity index (χ1v) is 9.11. The number of amides is 1. The largest absolute Gasteiger partial charge is 0.444 e. The zero-order valence-electron chi connectivity index (χ0n) is 13.7. The van der Waals surface area contributed by atoms with Gasteiger partial charge in [-0.1, -0.05) is 30.3 Å². The van der Waals surface area contributed by atoms with Gasteiger partial charge in [0.25, 0.3) is 10.1 Å². The van der Waals surface area contributed by atoms with Gasteiger partial charge in [0.15, 0.2) is 0 Å². The van der Waals surface area contributed by atoms with Crippen LogP contribution in [-0.4, -0.2) is 44.7 Å². The molecule has 0 aromatic heterocycles. The van der Waals surface area contributed by atoms with E-state index in [1.807, 2.05) is 6.07 Å². The molecule has 1 saturated heterocycles. The Bertz CT molecular complexity index is 630. The zero-order valence-corrected chi connectivity index (χ0v) is 14.5. The number of likely N-dealkylation sites (tertiary alicyclic amines) is 1. The number of nitrogens with zero attached hydrogens (tertiary/aromatic N) is 1. The third-order valence-electron chi connectivity index (χ3n) is 3.28. The molecule has 23 heavy (non-hydrogen) atoms. The van der Waals surface area contributed by atoms with Crippen LogP contribution in [0, 0.1) is 5.92 Å². The summed E-state index contributed by atoms with van der Waals surface area (Å²) in [6, 6.07) is 8.89. The molecule has 128 valence electrons. The normalized spacial score (nSPS) is 16.0. The molecule has 1 amide bonds. The van der Waals surface area contributed by atoms with E-state index in [4.69, 9.17) is 8.92 Å². The highest BCUT2D eigenvalue weighted by molar-refractivity contribution is 7.85. The van der Waals surface area contributed by atoms with Gasteiger partial charge in [-0.25, -0.2) is 4.79 Å². The van der Waals surface area contributed by atoms with E-state index in [1.165, 1.54) is 0 Å². The molecule has 1 heterocycles. The Kier molecular flexibility index (Phi) is 5.31. The number of hydrogen-bond acceptors (Lipinski definition) is 5. The van der Waals surface area contributed by atoms with Gasteiger partial charge in [0, 0.05) is 19.0 Å². The van der Waals surface area contributed by atoms with Gasteiger partial charge in [0.2, 0.25) is 0 Å². The summed E-state index contributed by atoms with van der Waals surface area (Å²) in [5, 5.41) is 0. The van der Waals surface area contributed by atoms with Crippen molar-refractivity contribution in [2.75, 3.05) is 19.7 Å². The molecule has 0 bridgehead atoms. The van der Waals surface area contributed by atoms with Crippen LogP contribution in [0.25, 0.3) is 0 Å². The highest BCUT2D eigenvalue weighted by atomic mass is 32.2. The molecule has 0 radical (unpaired) electrons. The molecule has 0 N–H and O–H groups in total. The first-order chi connectivity index (χ1) is 10.6. The summed E-state index contributed by atoms with van der Waals surface area (Å²) in [5.74, 6) is -0.121. The predicted molar refractivity (Wildman–Crippen MR) is 86.3 cm³/mol. The van der Waals surface area contributed by atoms with Crippen LogP contribution in [-0.2, 0) is 24.8 Å². The molecule has 2 rings (SSSR count). The maximum atomic E-state index is 11.9. The lowest BCUT2D eigenvalue weighted by atomic mass is 10.0. The average Bonchev–Trinajstić information content (AvgIpc) is 2.35. The molecule has 1 aliphatic rings. The van der Waals surface area contributed by atoms with Crippen LogP contribution in [0.15, 0.2) is 30.3 Å². The minimum atomic E-state index is -3.61. The third kappa shape index (κ3) is 5.84.